The Kier molecular flexibility index (Phi) is 14.3. The molecule has 1 unspecified atom stereocenters. The number of nitrogens with zero attached hydrogens (tertiary/aromatic N) is 1. The topological polar surface area (TPSA) is 114 Å². The van der Waals surface area contributed by atoms with Crippen LogP contribution >= 0.6 is 12.2 Å². The normalized spacial score (nSPS) is 15.6. The molecular weight excluding hydrogens is 434 g/mol. The second-order valence-electron chi connectivity index (χ2n) is 7.83. The Labute approximate surface area is 195 Å². The summed E-state index contributed by atoms with van der Waals surface area (Å²) in [7, 11) is 1.25. The highest BCUT2D eigenvalue weighted by Crippen LogP contribution is 2.12. The van der Waals surface area contributed by atoms with Gasteiger partial charge in [0.05, 0.1) is 26.6 Å². The van der Waals surface area contributed by atoms with Crippen molar-refractivity contribution in [1.82, 2.24) is 15.5 Å². The molecule has 0 saturated carbocycles. The number of esters is 2. The molecule has 1 aliphatic heterocycles. The number of amides is 2. The number of carbonyl (C=O) groups excluding carboxylic acids is 4. The van der Waals surface area contributed by atoms with Gasteiger partial charge in [0.1, 0.15) is 6.04 Å². The molecule has 1 heterocycles. The van der Waals surface area contributed by atoms with Gasteiger partial charge in [0.25, 0.3) is 0 Å². The van der Waals surface area contributed by atoms with Gasteiger partial charge in [0.15, 0.2) is 5.11 Å². The summed E-state index contributed by atoms with van der Waals surface area (Å²) in [5.74, 6) is -1.77. The number of methoxy groups -OCH3 is 1. The summed E-state index contributed by atoms with van der Waals surface area (Å²) in [5.41, 5.74) is 0. The largest absolute Gasteiger partial charge is 0.469 e. The number of thiocarbonyl (C=S) groups is 1. The maximum Gasteiger partial charge on any atom is 0.308 e. The van der Waals surface area contributed by atoms with Gasteiger partial charge in [-0.25, -0.2) is 0 Å². The summed E-state index contributed by atoms with van der Waals surface area (Å²) in [6.07, 6.45) is 8.88. The Morgan fingerprint density at radius 1 is 1.06 bits per heavy atom. The number of carbonyl (C=O) groups is 4. The van der Waals surface area contributed by atoms with E-state index in [1.54, 1.807) is 0 Å². The molecular formula is C22H37N3O6S. The van der Waals surface area contributed by atoms with Crippen molar-refractivity contribution < 1.29 is 28.7 Å². The molecule has 32 heavy (non-hydrogen) atoms. The average Bonchev–Trinajstić information content (AvgIpc) is 2.77. The molecule has 0 aromatic heterocycles. The predicted octanol–water partition coefficient (Wildman–Crippen LogP) is 2.22. The first-order valence-electron chi connectivity index (χ1n) is 11.5. The van der Waals surface area contributed by atoms with Crippen molar-refractivity contribution in [3.8, 4) is 0 Å². The first-order valence-corrected chi connectivity index (χ1v) is 11.9. The van der Waals surface area contributed by atoms with Gasteiger partial charge in [-0.2, -0.15) is 0 Å². The fourth-order valence-electron chi connectivity index (χ4n) is 3.37. The van der Waals surface area contributed by atoms with Crippen LogP contribution < -0.4 is 10.6 Å². The summed E-state index contributed by atoms with van der Waals surface area (Å²) >= 11 is 5.26. The molecule has 0 radical (unpaired) electrons. The van der Waals surface area contributed by atoms with Gasteiger partial charge in [-0.1, -0.05) is 51.9 Å². The number of rotatable bonds is 14. The number of nitrogens with one attached hydrogen (secondary N) is 2. The Balaban J connectivity index is 2.38. The Morgan fingerprint density at radius 3 is 2.38 bits per heavy atom. The lowest BCUT2D eigenvalue weighted by Gasteiger charge is -2.36. The molecule has 1 atom stereocenters. The smallest absolute Gasteiger partial charge is 0.308 e. The highest BCUT2D eigenvalue weighted by Gasteiger charge is 2.34. The van der Waals surface area contributed by atoms with Crippen LogP contribution in [0.4, 0.5) is 0 Å². The van der Waals surface area contributed by atoms with E-state index in [1.807, 2.05) is 0 Å². The molecule has 10 heteroatoms. The molecule has 1 saturated heterocycles. The Bertz CT molecular complexity index is 643. The number of ether oxygens (including phenoxy) is 2. The molecule has 182 valence electrons. The first kappa shape index (κ1) is 27.8. The minimum atomic E-state index is -0.844. The summed E-state index contributed by atoms with van der Waals surface area (Å²) in [5, 5.41) is 5.27. The fraction of sp³-hybridized carbons (Fsp3) is 0.773. The van der Waals surface area contributed by atoms with Crippen molar-refractivity contribution in [2.45, 2.75) is 83.6 Å². The summed E-state index contributed by atoms with van der Waals surface area (Å²) in [4.78, 5) is 49.3. The van der Waals surface area contributed by atoms with Gasteiger partial charge in [-0.3, -0.25) is 19.2 Å². The third-order valence-electron chi connectivity index (χ3n) is 5.24. The van der Waals surface area contributed by atoms with E-state index in [-0.39, 0.29) is 30.3 Å². The van der Waals surface area contributed by atoms with Crippen LogP contribution in [0.2, 0.25) is 0 Å². The van der Waals surface area contributed by atoms with Crippen LogP contribution in [-0.4, -0.2) is 66.6 Å². The van der Waals surface area contributed by atoms with Gasteiger partial charge in [-0.15, -0.1) is 0 Å². The molecule has 2 N–H and O–H groups in total. The van der Waals surface area contributed by atoms with Crippen LogP contribution in [0.15, 0.2) is 0 Å². The van der Waals surface area contributed by atoms with Crippen molar-refractivity contribution in [2.75, 3.05) is 26.8 Å². The molecule has 1 fully saturated rings. The van der Waals surface area contributed by atoms with Gasteiger partial charge in [0.2, 0.25) is 11.8 Å². The van der Waals surface area contributed by atoms with E-state index in [9.17, 15) is 19.2 Å². The minimum absolute atomic E-state index is 0.0515. The number of hydrogen-bond donors (Lipinski definition) is 2. The van der Waals surface area contributed by atoms with Crippen molar-refractivity contribution in [1.29, 1.82) is 0 Å². The zero-order valence-corrected chi connectivity index (χ0v) is 20.1. The number of piperazine rings is 1. The monoisotopic (exact) mass is 471 g/mol. The maximum atomic E-state index is 12.3. The summed E-state index contributed by atoms with van der Waals surface area (Å²) in [6.45, 7) is 3.23. The zero-order valence-electron chi connectivity index (χ0n) is 19.3. The number of hydrogen-bond acceptors (Lipinski definition) is 7. The maximum absolute atomic E-state index is 12.3. The van der Waals surface area contributed by atoms with Crippen molar-refractivity contribution >= 4 is 41.1 Å². The molecule has 0 aliphatic carbocycles. The van der Waals surface area contributed by atoms with Crippen LogP contribution in [0.25, 0.3) is 0 Å². The minimum Gasteiger partial charge on any atom is -0.469 e. The Hall–Kier alpha value is -2.23. The highest BCUT2D eigenvalue weighted by atomic mass is 32.1. The van der Waals surface area contributed by atoms with Gasteiger partial charge < -0.3 is 25.0 Å². The Morgan fingerprint density at radius 2 is 1.72 bits per heavy atom. The molecule has 0 spiro atoms. The standard InChI is InChI=1S/C22H37N3O6S/c1-3-4-5-6-7-8-9-10-15-31-20(28)16-17-21(29)23-13-14-25(17)22(32)24-18(26)11-12-19(27)30-2/h17H,3-16H2,1-2H3,(H,23,29)(H,24,26,32). The second-order valence-corrected chi connectivity index (χ2v) is 8.22. The zero-order chi connectivity index (χ0) is 23.8. The lowest BCUT2D eigenvalue weighted by atomic mass is 10.1. The quantitative estimate of drug-likeness (QED) is 0.225. The van der Waals surface area contributed by atoms with E-state index in [0.29, 0.717) is 19.7 Å². The van der Waals surface area contributed by atoms with Crippen LogP contribution in [0.1, 0.15) is 77.6 Å². The highest BCUT2D eigenvalue weighted by molar-refractivity contribution is 7.80. The van der Waals surface area contributed by atoms with Crippen LogP contribution in [0.3, 0.4) is 0 Å². The van der Waals surface area contributed by atoms with E-state index in [2.05, 4.69) is 22.3 Å². The third kappa shape index (κ3) is 11.4. The van der Waals surface area contributed by atoms with E-state index in [4.69, 9.17) is 17.0 Å². The van der Waals surface area contributed by atoms with E-state index >= 15 is 0 Å². The molecule has 9 nitrogen and oxygen atoms in total. The van der Waals surface area contributed by atoms with E-state index < -0.39 is 23.9 Å². The van der Waals surface area contributed by atoms with E-state index in [0.717, 1.165) is 19.3 Å². The molecule has 1 rings (SSSR count). The summed E-state index contributed by atoms with van der Waals surface area (Å²) < 4.78 is 9.80. The van der Waals surface area contributed by atoms with Crippen molar-refractivity contribution in [2.24, 2.45) is 0 Å². The molecule has 0 aromatic rings. The third-order valence-corrected chi connectivity index (χ3v) is 5.58. The molecule has 0 aromatic carbocycles. The first-order chi connectivity index (χ1) is 15.4. The summed E-state index contributed by atoms with van der Waals surface area (Å²) in [6, 6.07) is -0.844. The fourth-order valence-corrected chi connectivity index (χ4v) is 3.70. The average molecular weight is 472 g/mol. The molecule has 1 aliphatic rings. The molecule has 0 bridgehead atoms. The molecule has 2 amide bonds. The van der Waals surface area contributed by atoms with Gasteiger partial charge in [0, 0.05) is 19.5 Å². The van der Waals surface area contributed by atoms with Crippen LogP contribution in [0, 0.1) is 0 Å². The van der Waals surface area contributed by atoms with Gasteiger partial charge in [-0.05, 0) is 18.6 Å². The lowest BCUT2D eigenvalue weighted by molar-refractivity contribution is -0.147. The van der Waals surface area contributed by atoms with Gasteiger partial charge >= 0.3 is 11.9 Å². The number of unbranched alkanes of at least 4 members (excludes halogenated alkanes) is 7. The van der Waals surface area contributed by atoms with Crippen LogP contribution in [0.5, 0.6) is 0 Å². The predicted molar refractivity (Wildman–Crippen MR) is 124 cm³/mol. The van der Waals surface area contributed by atoms with Crippen molar-refractivity contribution in [3.05, 3.63) is 0 Å². The van der Waals surface area contributed by atoms with E-state index in [1.165, 1.54) is 44.1 Å². The van der Waals surface area contributed by atoms with Crippen molar-refractivity contribution in [3.63, 3.8) is 0 Å². The lowest BCUT2D eigenvalue weighted by Crippen LogP contribution is -2.60. The SMILES string of the molecule is CCCCCCCCCCOC(=O)CC1C(=O)NCCN1C(=S)NC(=O)CCC(=O)OC. The second kappa shape index (κ2) is 16.4. The van der Waals surface area contributed by atoms with Crippen LogP contribution in [-0.2, 0) is 28.7 Å².